The van der Waals surface area contributed by atoms with E-state index >= 15 is 0 Å². The first-order valence-electron chi connectivity index (χ1n) is 13.0. The minimum absolute atomic E-state index is 0.186. The number of aromatic nitrogens is 2. The molecule has 0 saturated carbocycles. The van der Waals surface area contributed by atoms with E-state index in [0.717, 1.165) is 61.1 Å². The number of amides is 1. The molecule has 1 amide bonds. The van der Waals surface area contributed by atoms with E-state index in [0.29, 0.717) is 25.2 Å². The number of benzene rings is 3. The summed E-state index contributed by atoms with van der Waals surface area (Å²) in [5.74, 6) is 6.21. The predicted molar refractivity (Wildman–Crippen MR) is 168 cm³/mol. The number of nitrogens with zero attached hydrogens (tertiary/aromatic N) is 2. The Labute approximate surface area is 247 Å². The molecule has 6 nitrogen and oxygen atoms in total. The van der Waals surface area contributed by atoms with E-state index < -0.39 is 0 Å². The average Bonchev–Trinajstić information content (AvgIpc) is 3.29. The standard InChI is InChI=1S/C32H29BrClN5O/c1-39-20-28(26-18-23(33)7-11-31(26)39)30-19-27(32(40)37-16-13-35)25-17-22(6-10-29(25)38-30)3-2-14-36-15-12-21-4-8-24(34)9-5-21/h4-11,17-20,36H,12-16,35H2,1H3,(H,37,40). The molecule has 202 valence electrons. The lowest BCUT2D eigenvalue weighted by Gasteiger charge is -2.10. The van der Waals surface area contributed by atoms with Gasteiger partial charge in [-0.3, -0.25) is 4.79 Å². The molecule has 0 atom stereocenters. The summed E-state index contributed by atoms with van der Waals surface area (Å²) in [5.41, 5.74) is 11.8. The Balaban J connectivity index is 1.42. The molecule has 0 fully saturated rings. The van der Waals surface area contributed by atoms with Crippen LogP contribution < -0.4 is 16.4 Å². The van der Waals surface area contributed by atoms with Crippen molar-refractivity contribution in [3.8, 4) is 23.1 Å². The second-order valence-corrected chi connectivity index (χ2v) is 10.9. The lowest BCUT2D eigenvalue weighted by molar-refractivity contribution is 0.0956. The highest BCUT2D eigenvalue weighted by molar-refractivity contribution is 9.10. The number of fused-ring (bicyclic) bond motifs is 2. The number of hydrogen-bond acceptors (Lipinski definition) is 4. The zero-order valence-corrected chi connectivity index (χ0v) is 24.4. The lowest BCUT2D eigenvalue weighted by atomic mass is 10.0. The van der Waals surface area contributed by atoms with Gasteiger partial charge >= 0.3 is 0 Å². The van der Waals surface area contributed by atoms with Crippen LogP contribution in [0.1, 0.15) is 21.5 Å². The maximum Gasteiger partial charge on any atom is 0.252 e. The Morgan fingerprint density at radius 3 is 2.67 bits per heavy atom. The normalized spacial score (nSPS) is 11.0. The molecule has 0 aliphatic heterocycles. The van der Waals surface area contributed by atoms with Crippen LogP contribution in [0, 0.1) is 11.8 Å². The second kappa shape index (κ2) is 12.7. The number of carbonyl (C=O) groups is 1. The highest BCUT2D eigenvalue weighted by atomic mass is 79.9. The molecule has 5 aromatic rings. The van der Waals surface area contributed by atoms with E-state index in [2.05, 4.69) is 55.1 Å². The highest BCUT2D eigenvalue weighted by Crippen LogP contribution is 2.33. The van der Waals surface area contributed by atoms with Gasteiger partial charge in [-0.1, -0.05) is 51.5 Å². The predicted octanol–water partition coefficient (Wildman–Crippen LogP) is 5.68. The van der Waals surface area contributed by atoms with E-state index in [1.54, 1.807) is 0 Å². The number of nitrogens with one attached hydrogen (secondary N) is 2. The third kappa shape index (κ3) is 6.38. The van der Waals surface area contributed by atoms with Crippen LogP contribution in [0.15, 0.2) is 77.4 Å². The molecule has 2 aromatic heterocycles. The minimum atomic E-state index is -0.186. The molecule has 0 aliphatic rings. The van der Waals surface area contributed by atoms with Gasteiger partial charge in [0, 0.05) is 69.8 Å². The highest BCUT2D eigenvalue weighted by Gasteiger charge is 2.17. The fourth-order valence-electron chi connectivity index (χ4n) is 4.66. The van der Waals surface area contributed by atoms with E-state index in [1.807, 2.05) is 67.8 Å². The first-order chi connectivity index (χ1) is 19.4. The van der Waals surface area contributed by atoms with Crippen molar-refractivity contribution in [3.05, 3.63) is 99.1 Å². The third-order valence-electron chi connectivity index (χ3n) is 6.66. The monoisotopic (exact) mass is 613 g/mol. The van der Waals surface area contributed by atoms with Crippen LogP contribution in [-0.2, 0) is 13.5 Å². The first-order valence-corrected chi connectivity index (χ1v) is 14.2. The van der Waals surface area contributed by atoms with Gasteiger partial charge < -0.3 is 20.9 Å². The molecule has 0 spiro atoms. The number of hydrogen-bond donors (Lipinski definition) is 3. The molecule has 3 aromatic carbocycles. The van der Waals surface area contributed by atoms with Crippen LogP contribution in [0.25, 0.3) is 33.1 Å². The number of nitrogens with two attached hydrogens (primary N) is 1. The first kappa shape index (κ1) is 27.9. The van der Waals surface area contributed by atoms with Crippen LogP contribution in [0.2, 0.25) is 5.02 Å². The fraction of sp³-hybridized carbons (Fsp3) is 0.188. The van der Waals surface area contributed by atoms with E-state index in [1.165, 1.54) is 5.56 Å². The van der Waals surface area contributed by atoms with Crippen molar-refractivity contribution in [2.75, 3.05) is 26.2 Å². The zero-order valence-electron chi connectivity index (χ0n) is 22.1. The summed E-state index contributed by atoms with van der Waals surface area (Å²) in [6.07, 6.45) is 2.95. The molecular weight excluding hydrogens is 586 g/mol. The van der Waals surface area contributed by atoms with Crippen LogP contribution >= 0.6 is 27.5 Å². The SMILES string of the molecule is Cn1cc(-c2cc(C(=O)NCCN)c3cc(C#CCNCCc4ccc(Cl)cc4)ccc3n2)c2cc(Br)ccc21. The minimum Gasteiger partial charge on any atom is -0.351 e. The molecule has 0 unspecified atom stereocenters. The molecule has 8 heteroatoms. The van der Waals surface area contributed by atoms with Crippen molar-refractivity contribution in [1.29, 1.82) is 0 Å². The summed E-state index contributed by atoms with van der Waals surface area (Å²) in [4.78, 5) is 18.2. The quantitative estimate of drug-likeness (QED) is 0.155. The van der Waals surface area contributed by atoms with Gasteiger partial charge in [-0.15, -0.1) is 0 Å². The smallest absolute Gasteiger partial charge is 0.252 e. The number of rotatable bonds is 8. The van der Waals surface area contributed by atoms with Crippen LogP contribution in [-0.4, -0.2) is 41.6 Å². The maximum absolute atomic E-state index is 13.2. The number of aryl methyl sites for hydroxylation is 1. The summed E-state index contributed by atoms with van der Waals surface area (Å²) < 4.78 is 3.05. The van der Waals surface area contributed by atoms with Crippen LogP contribution in [0.4, 0.5) is 0 Å². The van der Waals surface area contributed by atoms with Gasteiger partial charge in [0.05, 0.1) is 23.3 Å². The molecular formula is C32H29BrClN5O. The molecule has 4 N–H and O–H groups in total. The van der Waals surface area contributed by atoms with Crippen LogP contribution in [0.3, 0.4) is 0 Å². The van der Waals surface area contributed by atoms with E-state index in [9.17, 15) is 4.79 Å². The van der Waals surface area contributed by atoms with Gasteiger partial charge in [0.1, 0.15) is 0 Å². The Morgan fingerprint density at radius 1 is 1.05 bits per heavy atom. The average molecular weight is 615 g/mol. The lowest BCUT2D eigenvalue weighted by Crippen LogP contribution is -2.29. The second-order valence-electron chi connectivity index (χ2n) is 9.50. The molecule has 40 heavy (non-hydrogen) atoms. The molecule has 0 bridgehead atoms. The summed E-state index contributed by atoms with van der Waals surface area (Å²) in [5, 5.41) is 8.82. The number of carbonyl (C=O) groups excluding carboxylic acids is 1. The fourth-order valence-corrected chi connectivity index (χ4v) is 5.15. The largest absolute Gasteiger partial charge is 0.351 e. The van der Waals surface area contributed by atoms with Crippen molar-refractivity contribution in [2.24, 2.45) is 12.8 Å². The zero-order chi connectivity index (χ0) is 28.1. The molecule has 2 heterocycles. The molecule has 0 saturated heterocycles. The summed E-state index contributed by atoms with van der Waals surface area (Å²) in [7, 11) is 2.01. The molecule has 5 rings (SSSR count). The van der Waals surface area contributed by atoms with Crippen molar-refractivity contribution in [2.45, 2.75) is 6.42 Å². The van der Waals surface area contributed by atoms with Gasteiger partial charge in [0.15, 0.2) is 0 Å². The van der Waals surface area contributed by atoms with Crippen LogP contribution in [0.5, 0.6) is 0 Å². The number of halogens is 2. The maximum atomic E-state index is 13.2. The van der Waals surface area contributed by atoms with E-state index in [-0.39, 0.29) is 5.91 Å². The van der Waals surface area contributed by atoms with Crippen molar-refractivity contribution < 1.29 is 4.79 Å². The summed E-state index contributed by atoms with van der Waals surface area (Å²) in [6, 6.07) is 21.7. The van der Waals surface area contributed by atoms with Gasteiger partial charge in [-0.25, -0.2) is 4.98 Å². The Bertz CT molecular complexity index is 1750. The van der Waals surface area contributed by atoms with Crippen molar-refractivity contribution in [1.82, 2.24) is 20.2 Å². The topological polar surface area (TPSA) is 85.0 Å². The summed E-state index contributed by atoms with van der Waals surface area (Å²) >= 11 is 9.54. The molecule has 0 aliphatic carbocycles. The van der Waals surface area contributed by atoms with E-state index in [4.69, 9.17) is 22.3 Å². The third-order valence-corrected chi connectivity index (χ3v) is 7.41. The Kier molecular flexibility index (Phi) is 8.83. The Hall–Kier alpha value is -3.67. The van der Waals surface area contributed by atoms with Gasteiger partial charge in [0.25, 0.3) is 5.91 Å². The van der Waals surface area contributed by atoms with Crippen molar-refractivity contribution in [3.63, 3.8) is 0 Å². The number of pyridine rings is 1. The van der Waals surface area contributed by atoms with Gasteiger partial charge in [-0.05, 0) is 66.6 Å². The van der Waals surface area contributed by atoms with Crippen molar-refractivity contribution >= 4 is 55.2 Å². The summed E-state index contributed by atoms with van der Waals surface area (Å²) in [6.45, 7) is 2.13. The van der Waals surface area contributed by atoms with Gasteiger partial charge in [0.2, 0.25) is 0 Å². The Morgan fingerprint density at radius 2 is 1.88 bits per heavy atom. The van der Waals surface area contributed by atoms with Gasteiger partial charge in [-0.2, -0.15) is 0 Å². The molecule has 0 radical (unpaired) electrons.